The summed E-state index contributed by atoms with van der Waals surface area (Å²) in [7, 11) is -1.16. The van der Waals surface area contributed by atoms with Crippen molar-refractivity contribution in [2.45, 2.75) is 70.3 Å². The molecular weight excluding hydrogens is 611 g/mol. The smallest absolute Gasteiger partial charge is 0.0923 e. The molecule has 39 heavy (non-hydrogen) atoms. The summed E-state index contributed by atoms with van der Waals surface area (Å²) in [4.78, 5) is 0. The summed E-state index contributed by atoms with van der Waals surface area (Å²) in [5.41, 5.74) is 14.3. The SMILES string of the molecule is CC1=C(C)C(Cl)([SiH2]C2(Cl)C(C)=C(c3ccccc3)c3cc(CC(C)C)ccc32)c2ccc(CC(C)C)cc21.[Zr]. The molecule has 0 bridgehead atoms. The number of rotatable bonds is 7. The number of benzene rings is 3. The second kappa shape index (κ2) is 11.6. The van der Waals surface area contributed by atoms with Gasteiger partial charge in [-0.25, -0.2) is 0 Å². The zero-order valence-electron chi connectivity index (χ0n) is 24.4. The Balaban J connectivity index is 0.00000353. The molecule has 2 aliphatic carbocycles. The minimum Gasteiger partial charge on any atom is -0.114 e. The third-order valence-electron chi connectivity index (χ3n) is 8.66. The van der Waals surface area contributed by atoms with Crippen LogP contribution in [0.1, 0.15) is 87.4 Å². The fraction of sp³-hybridized carbons (Fsp3) is 0.371. The summed E-state index contributed by atoms with van der Waals surface area (Å²) in [6, 6.07) is 24.7. The first-order valence-electron chi connectivity index (χ1n) is 14.1. The molecule has 5 rings (SSSR count). The van der Waals surface area contributed by atoms with Gasteiger partial charge in [-0.3, -0.25) is 0 Å². The van der Waals surface area contributed by atoms with Crippen LogP contribution in [0.5, 0.6) is 0 Å². The van der Waals surface area contributed by atoms with Gasteiger partial charge in [0, 0.05) is 26.2 Å². The van der Waals surface area contributed by atoms with E-state index in [2.05, 4.69) is 115 Å². The van der Waals surface area contributed by atoms with E-state index in [1.54, 1.807) is 0 Å². The Morgan fingerprint density at radius 2 is 1.15 bits per heavy atom. The van der Waals surface area contributed by atoms with E-state index >= 15 is 0 Å². The zero-order chi connectivity index (χ0) is 27.4. The molecule has 0 saturated carbocycles. The number of allylic oxidation sites excluding steroid dienone is 3. The van der Waals surface area contributed by atoms with Crippen molar-refractivity contribution < 1.29 is 26.2 Å². The Labute approximate surface area is 267 Å². The van der Waals surface area contributed by atoms with Crippen molar-refractivity contribution in [1.29, 1.82) is 0 Å². The van der Waals surface area contributed by atoms with Crippen LogP contribution in [0.25, 0.3) is 11.1 Å². The van der Waals surface area contributed by atoms with Crippen LogP contribution in [-0.4, -0.2) is 9.52 Å². The molecule has 2 aliphatic rings. The summed E-state index contributed by atoms with van der Waals surface area (Å²) >= 11 is 15.7. The van der Waals surface area contributed by atoms with Crippen LogP contribution in [0.15, 0.2) is 77.9 Å². The molecular formula is C35H40Cl2SiZr. The monoisotopic (exact) mass is 648 g/mol. The van der Waals surface area contributed by atoms with Crippen molar-refractivity contribution in [1.82, 2.24) is 0 Å². The molecule has 0 fully saturated rings. The summed E-state index contributed by atoms with van der Waals surface area (Å²) in [5.74, 6) is 1.23. The standard InChI is InChI=1S/C35H40Cl2Si.Zr/c1-21(2)17-26-13-15-31-29(19-26)23(5)24(6)34(31,36)38-35(37)25(7)33(28-11-9-8-10-12-28)30-20-27(18-22(3)4)14-16-32(30)35;/h8-16,19-22H,17-18,38H2,1-7H3;. The molecule has 4 heteroatoms. The van der Waals surface area contributed by atoms with Crippen molar-refractivity contribution in [2.75, 3.05) is 0 Å². The Kier molecular flexibility index (Phi) is 9.15. The average molecular weight is 651 g/mol. The van der Waals surface area contributed by atoms with Crippen LogP contribution in [0.2, 0.25) is 0 Å². The van der Waals surface area contributed by atoms with Crippen LogP contribution in [0.4, 0.5) is 0 Å². The molecule has 0 heterocycles. The first-order chi connectivity index (χ1) is 18.0. The molecule has 0 nitrogen and oxygen atoms in total. The van der Waals surface area contributed by atoms with E-state index in [4.69, 9.17) is 23.2 Å². The first kappa shape index (κ1) is 30.8. The van der Waals surface area contributed by atoms with E-state index in [1.165, 1.54) is 61.2 Å². The summed E-state index contributed by atoms with van der Waals surface area (Å²) in [5, 5.41) is 0. The van der Waals surface area contributed by atoms with Gasteiger partial charge >= 0.3 is 0 Å². The van der Waals surface area contributed by atoms with Crippen molar-refractivity contribution >= 4 is 43.9 Å². The van der Waals surface area contributed by atoms with Crippen LogP contribution in [0, 0.1) is 11.8 Å². The van der Waals surface area contributed by atoms with Crippen LogP contribution in [0.3, 0.4) is 0 Å². The van der Waals surface area contributed by atoms with Gasteiger partial charge in [-0.1, -0.05) is 94.4 Å². The second-order valence-electron chi connectivity index (χ2n) is 12.4. The van der Waals surface area contributed by atoms with Crippen LogP contribution < -0.4 is 0 Å². The summed E-state index contributed by atoms with van der Waals surface area (Å²) in [6.07, 6.45) is 2.15. The number of halogens is 2. The average Bonchev–Trinajstić information content (AvgIpc) is 3.18. The van der Waals surface area contributed by atoms with Crippen LogP contribution in [-0.2, 0) is 48.0 Å². The predicted molar refractivity (Wildman–Crippen MR) is 170 cm³/mol. The fourth-order valence-corrected chi connectivity index (χ4v) is 11.3. The quantitative estimate of drug-likeness (QED) is 0.177. The van der Waals surface area contributed by atoms with Crippen molar-refractivity contribution in [3.63, 3.8) is 0 Å². The maximum absolute atomic E-state index is 7.90. The van der Waals surface area contributed by atoms with E-state index in [0.29, 0.717) is 11.8 Å². The van der Waals surface area contributed by atoms with Crippen molar-refractivity contribution in [2.24, 2.45) is 11.8 Å². The molecule has 3 aromatic rings. The fourth-order valence-electron chi connectivity index (χ4n) is 6.66. The van der Waals surface area contributed by atoms with Gasteiger partial charge in [-0.2, -0.15) is 0 Å². The summed E-state index contributed by atoms with van der Waals surface area (Å²) < 4.78 is -1.07. The molecule has 0 radical (unpaired) electrons. The number of hydrogen-bond acceptors (Lipinski definition) is 0. The predicted octanol–water partition coefficient (Wildman–Crippen LogP) is 9.38. The minimum absolute atomic E-state index is 0. The van der Waals surface area contributed by atoms with Gasteiger partial charge in [0.2, 0.25) is 0 Å². The molecule has 2 unspecified atom stereocenters. The molecule has 3 aromatic carbocycles. The zero-order valence-corrected chi connectivity index (χ0v) is 29.8. The number of alkyl halides is 2. The van der Waals surface area contributed by atoms with E-state index in [-0.39, 0.29) is 26.2 Å². The topological polar surface area (TPSA) is 0 Å². The maximum Gasteiger partial charge on any atom is 0.0923 e. The van der Waals surface area contributed by atoms with Gasteiger partial charge in [-0.15, -0.1) is 23.2 Å². The first-order valence-corrected chi connectivity index (χ1v) is 16.2. The largest absolute Gasteiger partial charge is 0.114 e. The third-order valence-corrected chi connectivity index (χ3v) is 13.2. The molecule has 0 aliphatic heterocycles. The Bertz CT molecular complexity index is 1450. The van der Waals surface area contributed by atoms with Gasteiger partial charge in [0.25, 0.3) is 0 Å². The van der Waals surface area contributed by atoms with Gasteiger partial charge < -0.3 is 0 Å². The second-order valence-corrected chi connectivity index (χ2v) is 17.0. The molecule has 0 aromatic heterocycles. The summed E-state index contributed by atoms with van der Waals surface area (Å²) in [6.45, 7) is 15.8. The molecule has 2 atom stereocenters. The Morgan fingerprint density at radius 3 is 1.69 bits per heavy atom. The maximum atomic E-state index is 7.90. The Hall–Kier alpha value is -1.18. The number of fused-ring (bicyclic) bond motifs is 2. The normalized spacial score (nSPS) is 22.3. The molecule has 0 amide bonds. The number of hydrogen-bond donors (Lipinski definition) is 0. The van der Waals surface area contributed by atoms with Gasteiger partial charge in [0.05, 0.1) is 18.5 Å². The van der Waals surface area contributed by atoms with Crippen LogP contribution >= 0.6 is 23.2 Å². The minimum atomic E-state index is -1.16. The van der Waals surface area contributed by atoms with E-state index in [1.807, 2.05) is 0 Å². The van der Waals surface area contributed by atoms with Gasteiger partial charge in [0.15, 0.2) is 0 Å². The third kappa shape index (κ3) is 5.41. The Morgan fingerprint density at radius 1 is 0.667 bits per heavy atom. The van der Waals surface area contributed by atoms with E-state index < -0.39 is 18.5 Å². The van der Waals surface area contributed by atoms with E-state index in [9.17, 15) is 0 Å². The van der Waals surface area contributed by atoms with Gasteiger partial charge in [-0.05, 0) is 107 Å². The van der Waals surface area contributed by atoms with Crippen molar-refractivity contribution in [3.8, 4) is 0 Å². The molecule has 0 N–H and O–H groups in total. The van der Waals surface area contributed by atoms with Gasteiger partial charge in [0.1, 0.15) is 0 Å². The molecule has 0 spiro atoms. The van der Waals surface area contributed by atoms with E-state index in [0.717, 1.165) is 12.8 Å². The molecule has 202 valence electrons. The molecule has 0 saturated heterocycles. The van der Waals surface area contributed by atoms with Crippen molar-refractivity contribution in [3.05, 3.63) is 117 Å².